The molecule has 19 heteroatoms. The number of halogens is 17. The largest absolute Gasteiger partial charge is 0.393 e. The number of benzene rings is 1. The van der Waals surface area contributed by atoms with Crippen LogP contribution in [-0.2, 0) is 11.2 Å². The summed E-state index contributed by atoms with van der Waals surface area (Å²) in [5, 5.41) is -5.87. The molecular formula is C18H12ClF16NO. The molecule has 1 aromatic rings. The first-order valence-corrected chi connectivity index (χ1v) is 9.60. The second-order valence-corrected chi connectivity index (χ2v) is 7.91. The van der Waals surface area contributed by atoms with Crippen molar-refractivity contribution in [3.05, 3.63) is 29.3 Å². The van der Waals surface area contributed by atoms with Crippen LogP contribution >= 0.6 is 11.6 Å². The van der Waals surface area contributed by atoms with Gasteiger partial charge in [0.2, 0.25) is 0 Å². The zero-order valence-corrected chi connectivity index (χ0v) is 18.5. The maximum absolute atomic E-state index is 14.1. The topological polar surface area (TPSA) is 29.1 Å². The quantitative estimate of drug-likeness (QED) is 0.217. The Morgan fingerprint density at radius 3 is 1.46 bits per heavy atom. The number of carbonyl (C=O) groups is 1. The normalized spacial score (nSPS) is 15.1. The number of rotatable bonds is 10. The van der Waals surface area contributed by atoms with Gasteiger partial charge < -0.3 is 5.32 Å². The predicted octanol–water partition coefficient (Wildman–Crippen LogP) is 7.77. The molecule has 0 aromatic heterocycles. The molecule has 37 heavy (non-hydrogen) atoms. The molecule has 1 rings (SSSR count). The molecular weight excluding hydrogens is 586 g/mol. The fourth-order valence-corrected chi connectivity index (χ4v) is 2.82. The second-order valence-electron chi connectivity index (χ2n) is 7.44. The molecule has 1 aromatic carbocycles. The number of anilines is 1. The highest BCUT2D eigenvalue weighted by atomic mass is 35.5. The number of nitrogens with one attached hydrogen (secondary N) is 1. The molecule has 0 atom stereocenters. The maximum Gasteiger partial charge on any atom is 0.393 e. The summed E-state index contributed by atoms with van der Waals surface area (Å²) in [4.78, 5) is 11.7. The van der Waals surface area contributed by atoms with E-state index in [1.165, 1.54) is 13.0 Å². The zero-order chi connectivity index (χ0) is 29.8. The number of hydrogen-bond acceptors (Lipinski definition) is 1. The van der Waals surface area contributed by atoms with Crippen molar-refractivity contribution in [2.45, 2.75) is 67.1 Å². The van der Waals surface area contributed by atoms with Gasteiger partial charge >= 0.3 is 52.7 Å². The minimum atomic E-state index is -8.63. The molecule has 1 N–H and O–H groups in total. The molecule has 0 bridgehead atoms. The molecule has 0 radical (unpaired) electrons. The van der Waals surface area contributed by atoms with Crippen LogP contribution in [0.1, 0.15) is 18.1 Å². The lowest BCUT2D eigenvalue weighted by Gasteiger charge is -2.42. The summed E-state index contributed by atoms with van der Waals surface area (Å²) in [6, 6.07) is 3.40. The number of hydrogen-bond donors (Lipinski definition) is 1. The van der Waals surface area contributed by atoms with Crippen LogP contribution in [0.15, 0.2) is 18.2 Å². The van der Waals surface area contributed by atoms with Crippen molar-refractivity contribution in [2.24, 2.45) is 0 Å². The molecule has 0 aliphatic carbocycles. The molecule has 2 nitrogen and oxygen atoms in total. The van der Waals surface area contributed by atoms with Gasteiger partial charge in [-0.05, 0) is 36.1 Å². The van der Waals surface area contributed by atoms with Gasteiger partial charge in [-0.25, -0.2) is 0 Å². The van der Waals surface area contributed by atoms with Crippen LogP contribution in [0, 0.1) is 6.92 Å². The first-order chi connectivity index (χ1) is 16.1. The molecule has 0 heterocycles. The van der Waals surface area contributed by atoms with Gasteiger partial charge in [0.15, 0.2) is 0 Å². The third-order valence-corrected chi connectivity index (χ3v) is 5.22. The summed E-state index contributed by atoms with van der Waals surface area (Å²) < 4.78 is 216. The summed E-state index contributed by atoms with van der Waals surface area (Å²) in [5.74, 6) is -60.5. The average molecular weight is 598 g/mol. The Kier molecular flexibility index (Phi) is 8.22. The van der Waals surface area contributed by atoms with Crippen molar-refractivity contribution < 1.29 is 75.0 Å². The summed E-state index contributed by atoms with van der Waals surface area (Å²) in [7, 11) is 0. The molecule has 0 aliphatic rings. The van der Waals surface area contributed by atoms with Gasteiger partial charge in [0, 0.05) is 5.69 Å². The molecule has 1 amide bonds. The van der Waals surface area contributed by atoms with E-state index in [-0.39, 0.29) is 17.5 Å². The summed E-state index contributed by atoms with van der Waals surface area (Å²) in [6.45, 7) is 2.37. The van der Waals surface area contributed by atoms with Crippen molar-refractivity contribution in [3.8, 4) is 0 Å². The van der Waals surface area contributed by atoms with E-state index in [2.05, 4.69) is 11.6 Å². The molecule has 0 fully saturated rings. The minimum absolute atomic E-state index is 0.111. The highest BCUT2D eigenvalue weighted by Gasteiger charge is 2.95. The Labute approximate surface area is 200 Å². The first kappa shape index (κ1) is 32.9. The van der Waals surface area contributed by atoms with Gasteiger partial charge in [-0.2, -0.15) is 70.2 Å². The van der Waals surface area contributed by atoms with Crippen LogP contribution in [0.25, 0.3) is 0 Å². The van der Waals surface area contributed by atoms with E-state index < -0.39 is 58.4 Å². The number of para-hydroxylation sites is 1. The minimum Gasteiger partial charge on any atom is -0.320 e. The molecule has 0 saturated heterocycles. The highest BCUT2D eigenvalue weighted by Crippen LogP contribution is 2.64. The Balaban J connectivity index is 3.64. The SMILES string of the molecule is CCc1cccc(C)c1NC(=O)C(F)(F)C(F)(F)C(F)(F)C(F)(F)C(F)(F)C(F)(F)C(F)(F)C(F)(F)Cl. The van der Waals surface area contributed by atoms with E-state index >= 15 is 0 Å². The van der Waals surface area contributed by atoms with Gasteiger partial charge in [-0.3, -0.25) is 4.79 Å². The zero-order valence-electron chi connectivity index (χ0n) is 17.8. The van der Waals surface area contributed by atoms with Gasteiger partial charge in [0.1, 0.15) is 0 Å². The van der Waals surface area contributed by atoms with Crippen molar-refractivity contribution in [2.75, 3.05) is 5.32 Å². The third-order valence-electron chi connectivity index (χ3n) is 4.99. The predicted molar refractivity (Wildman–Crippen MR) is 94.6 cm³/mol. The smallest absolute Gasteiger partial charge is 0.320 e. The molecule has 0 spiro atoms. The molecule has 0 unspecified atom stereocenters. The van der Waals surface area contributed by atoms with Crippen molar-refractivity contribution in [1.29, 1.82) is 0 Å². The third kappa shape index (κ3) is 4.56. The van der Waals surface area contributed by atoms with E-state index in [1.54, 1.807) is 0 Å². The van der Waals surface area contributed by atoms with Gasteiger partial charge in [-0.1, -0.05) is 25.1 Å². The average Bonchev–Trinajstić information content (AvgIpc) is 2.73. The second kappa shape index (κ2) is 9.25. The van der Waals surface area contributed by atoms with Crippen molar-refractivity contribution in [3.63, 3.8) is 0 Å². The monoisotopic (exact) mass is 597 g/mol. The molecule has 214 valence electrons. The number of alkyl halides is 17. The molecule has 0 aliphatic heterocycles. The van der Waals surface area contributed by atoms with Crippen LogP contribution in [0.5, 0.6) is 0 Å². The van der Waals surface area contributed by atoms with Crippen LogP contribution in [-0.4, -0.2) is 52.7 Å². The van der Waals surface area contributed by atoms with E-state index in [0.29, 0.717) is 0 Å². The van der Waals surface area contributed by atoms with E-state index in [1.807, 2.05) is 0 Å². The molecule has 0 saturated carbocycles. The van der Waals surface area contributed by atoms with Gasteiger partial charge in [0.05, 0.1) is 0 Å². The van der Waals surface area contributed by atoms with Crippen LogP contribution in [0.3, 0.4) is 0 Å². The van der Waals surface area contributed by atoms with E-state index in [9.17, 15) is 75.0 Å². The van der Waals surface area contributed by atoms with Crippen LogP contribution < -0.4 is 5.32 Å². The summed E-state index contributed by atoms with van der Waals surface area (Å²) in [5.41, 5.74) is -1.03. The Hall–Kier alpha value is -2.14. The van der Waals surface area contributed by atoms with Crippen molar-refractivity contribution >= 4 is 23.2 Å². The first-order valence-electron chi connectivity index (χ1n) is 9.22. The lowest BCUT2D eigenvalue weighted by atomic mass is 9.89. The fourth-order valence-electron chi connectivity index (χ4n) is 2.70. The Morgan fingerprint density at radius 1 is 0.703 bits per heavy atom. The van der Waals surface area contributed by atoms with E-state index in [0.717, 1.165) is 24.4 Å². The van der Waals surface area contributed by atoms with Gasteiger partial charge in [0.25, 0.3) is 0 Å². The Bertz CT molecular complexity index is 1020. The number of amides is 1. The van der Waals surface area contributed by atoms with Crippen molar-refractivity contribution in [1.82, 2.24) is 0 Å². The fraction of sp³-hybridized carbons (Fsp3) is 0.611. The number of carbonyl (C=O) groups excluding carboxylic acids is 1. The van der Waals surface area contributed by atoms with Crippen LogP contribution in [0.2, 0.25) is 0 Å². The maximum atomic E-state index is 14.1. The van der Waals surface area contributed by atoms with E-state index in [4.69, 9.17) is 0 Å². The lowest BCUT2D eigenvalue weighted by molar-refractivity contribution is -0.445. The highest BCUT2D eigenvalue weighted by molar-refractivity contribution is 6.22. The van der Waals surface area contributed by atoms with Gasteiger partial charge in [-0.15, -0.1) is 0 Å². The standard InChI is InChI=1S/C18H12ClF16NO/c1-3-8-6-4-5-7(2)9(8)36-10(37)11(20,21)12(22,23)13(24,25)14(26,27)15(28,29)16(30,31)17(32,33)18(19,34)35/h4-6H,3H2,1-2H3,(H,36,37). The Morgan fingerprint density at radius 2 is 1.08 bits per heavy atom. The summed E-state index contributed by atoms with van der Waals surface area (Å²) >= 11 is 3.45. The lowest BCUT2D eigenvalue weighted by Crippen LogP contribution is -2.75. The summed E-state index contributed by atoms with van der Waals surface area (Å²) in [6.07, 6.45) is -0.131. The van der Waals surface area contributed by atoms with Crippen LogP contribution in [0.4, 0.5) is 75.9 Å². The number of aryl methyl sites for hydroxylation is 2.